The molecule has 4 aromatic rings. The number of fused-ring (bicyclic) bond motifs is 3. The smallest absolute Gasteiger partial charge is 0.200 e. The molecule has 0 N–H and O–H groups in total. The van der Waals surface area contributed by atoms with Crippen molar-refractivity contribution in [2.75, 3.05) is 6.73 Å². The molecule has 1 aliphatic heterocycles. The highest BCUT2D eigenvalue weighted by Gasteiger charge is 2.23. The molecular formula is C24H17Cl2NO3. The molecule has 0 radical (unpaired) electrons. The van der Waals surface area contributed by atoms with Crippen molar-refractivity contribution in [1.82, 2.24) is 4.90 Å². The van der Waals surface area contributed by atoms with Crippen molar-refractivity contribution in [3.8, 4) is 16.9 Å². The number of nitrogens with zero attached hydrogens (tertiary/aromatic N) is 1. The summed E-state index contributed by atoms with van der Waals surface area (Å²) >= 11 is 11.9. The van der Waals surface area contributed by atoms with Gasteiger partial charge in [0.25, 0.3) is 0 Å². The van der Waals surface area contributed by atoms with Gasteiger partial charge in [0.05, 0.1) is 16.5 Å². The lowest BCUT2D eigenvalue weighted by atomic mass is 10.0. The minimum Gasteiger partial charge on any atom is -0.478 e. The molecule has 0 saturated carbocycles. The van der Waals surface area contributed by atoms with Gasteiger partial charge in [-0.2, -0.15) is 0 Å². The van der Waals surface area contributed by atoms with Crippen molar-refractivity contribution in [3.05, 3.63) is 98.3 Å². The minimum absolute atomic E-state index is 0.0730. The maximum atomic E-state index is 13.1. The Morgan fingerprint density at radius 2 is 1.60 bits per heavy atom. The minimum atomic E-state index is -0.0730. The molecule has 0 amide bonds. The zero-order valence-electron chi connectivity index (χ0n) is 15.9. The molecule has 2 heterocycles. The zero-order valence-corrected chi connectivity index (χ0v) is 17.4. The monoisotopic (exact) mass is 437 g/mol. The number of ether oxygens (including phenoxy) is 1. The van der Waals surface area contributed by atoms with Crippen molar-refractivity contribution in [2.24, 2.45) is 0 Å². The fraction of sp³-hybridized carbons (Fsp3) is 0.125. The Bertz CT molecular complexity index is 1280. The summed E-state index contributed by atoms with van der Waals surface area (Å²) in [5, 5.41) is 1.87. The van der Waals surface area contributed by atoms with E-state index < -0.39 is 0 Å². The van der Waals surface area contributed by atoms with Crippen LogP contribution in [0.1, 0.15) is 11.1 Å². The van der Waals surface area contributed by atoms with Gasteiger partial charge in [0.2, 0.25) is 5.43 Å². The van der Waals surface area contributed by atoms with Gasteiger partial charge in [-0.3, -0.25) is 9.69 Å². The van der Waals surface area contributed by atoms with Crippen molar-refractivity contribution < 1.29 is 9.15 Å². The predicted octanol–water partition coefficient (Wildman–Crippen LogP) is 6.12. The molecule has 0 fully saturated rings. The number of rotatable bonds is 3. The van der Waals surface area contributed by atoms with E-state index in [0.717, 1.165) is 22.4 Å². The summed E-state index contributed by atoms with van der Waals surface area (Å²) in [4.78, 5) is 15.3. The van der Waals surface area contributed by atoms with Crippen LogP contribution in [0.3, 0.4) is 0 Å². The number of halogens is 2. The van der Waals surface area contributed by atoms with Gasteiger partial charge in [-0.15, -0.1) is 0 Å². The van der Waals surface area contributed by atoms with Gasteiger partial charge in [-0.25, -0.2) is 0 Å². The Labute approximate surface area is 183 Å². The molecule has 150 valence electrons. The standard InChI is InChI=1S/C24H17Cl2NO3/c25-17-5-1-15(2-6-17)11-27-12-20-22(30-14-27)10-9-19-23(28)21(13-29-24(19)20)16-3-7-18(26)8-4-16/h1-10,13H,11-12,14H2. The highest BCUT2D eigenvalue weighted by Crippen LogP contribution is 2.33. The van der Waals surface area contributed by atoms with E-state index >= 15 is 0 Å². The first-order valence-corrected chi connectivity index (χ1v) is 10.3. The second-order valence-electron chi connectivity index (χ2n) is 7.29. The highest BCUT2D eigenvalue weighted by molar-refractivity contribution is 6.30. The molecule has 6 heteroatoms. The van der Waals surface area contributed by atoms with Crippen LogP contribution in [0.2, 0.25) is 10.0 Å². The van der Waals surface area contributed by atoms with E-state index in [0.29, 0.717) is 46.4 Å². The van der Waals surface area contributed by atoms with Crippen LogP contribution in [0.25, 0.3) is 22.1 Å². The molecule has 0 saturated heterocycles. The molecule has 4 nitrogen and oxygen atoms in total. The third kappa shape index (κ3) is 3.58. The van der Waals surface area contributed by atoms with Crippen LogP contribution >= 0.6 is 23.2 Å². The number of hydrogen-bond donors (Lipinski definition) is 0. The van der Waals surface area contributed by atoms with E-state index in [2.05, 4.69) is 4.90 Å². The zero-order chi connectivity index (χ0) is 20.7. The molecular weight excluding hydrogens is 421 g/mol. The van der Waals surface area contributed by atoms with Gasteiger partial charge in [-0.05, 0) is 47.5 Å². The van der Waals surface area contributed by atoms with Gasteiger partial charge >= 0.3 is 0 Å². The molecule has 3 aromatic carbocycles. The largest absolute Gasteiger partial charge is 0.478 e. The summed E-state index contributed by atoms with van der Waals surface area (Å²) in [6.07, 6.45) is 1.52. The van der Waals surface area contributed by atoms with Crippen molar-refractivity contribution in [3.63, 3.8) is 0 Å². The fourth-order valence-corrected chi connectivity index (χ4v) is 3.98. The summed E-state index contributed by atoms with van der Waals surface area (Å²) in [6.45, 7) is 1.80. The summed E-state index contributed by atoms with van der Waals surface area (Å²) in [7, 11) is 0. The van der Waals surface area contributed by atoms with E-state index in [1.807, 2.05) is 42.5 Å². The SMILES string of the molecule is O=c1c(-c2ccc(Cl)cc2)coc2c3c(ccc12)OCN(Cc1ccc(Cl)cc1)C3. The Hall–Kier alpha value is -2.79. The average Bonchev–Trinajstić information content (AvgIpc) is 2.76. The lowest BCUT2D eigenvalue weighted by molar-refractivity contribution is 0.0890. The number of hydrogen-bond acceptors (Lipinski definition) is 4. The summed E-state index contributed by atoms with van der Waals surface area (Å²) in [5.41, 5.74) is 3.79. The van der Waals surface area contributed by atoms with Crippen LogP contribution in [-0.4, -0.2) is 11.6 Å². The maximum Gasteiger partial charge on any atom is 0.200 e. The van der Waals surface area contributed by atoms with Crippen LogP contribution in [0.4, 0.5) is 0 Å². The summed E-state index contributed by atoms with van der Waals surface area (Å²) < 4.78 is 11.9. The molecule has 0 atom stereocenters. The van der Waals surface area contributed by atoms with Crippen LogP contribution in [0.5, 0.6) is 5.75 Å². The van der Waals surface area contributed by atoms with E-state index in [4.69, 9.17) is 32.4 Å². The first-order chi connectivity index (χ1) is 14.6. The second-order valence-corrected chi connectivity index (χ2v) is 8.16. The van der Waals surface area contributed by atoms with E-state index in [1.54, 1.807) is 18.2 Å². The first kappa shape index (κ1) is 19.2. The van der Waals surface area contributed by atoms with Crippen molar-refractivity contribution in [1.29, 1.82) is 0 Å². The lowest BCUT2D eigenvalue weighted by Crippen LogP contribution is -2.31. The Morgan fingerprint density at radius 1 is 0.900 bits per heavy atom. The molecule has 1 aliphatic rings. The Kier molecular flexibility index (Phi) is 4.99. The lowest BCUT2D eigenvalue weighted by Gasteiger charge is -2.29. The van der Waals surface area contributed by atoms with Crippen LogP contribution in [0, 0.1) is 0 Å². The molecule has 1 aromatic heterocycles. The second kappa shape index (κ2) is 7.80. The summed E-state index contributed by atoms with van der Waals surface area (Å²) in [5.74, 6) is 0.747. The van der Waals surface area contributed by atoms with Crippen LogP contribution in [-0.2, 0) is 13.1 Å². The third-order valence-corrected chi connectivity index (χ3v) is 5.76. The van der Waals surface area contributed by atoms with Crippen LogP contribution < -0.4 is 10.2 Å². The maximum absolute atomic E-state index is 13.1. The topological polar surface area (TPSA) is 42.7 Å². The van der Waals surface area contributed by atoms with E-state index in [1.165, 1.54) is 6.26 Å². The molecule has 0 bridgehead atoms. The van der Waals surface area contributed by atoms with Crippen molar-refractivity contribution >= 4 is 34.2 Å². The Morgan fingerprint density at radius 3 is 2.33 bits per heavy atom. The van der Waals surface area contributed by atoms with E-state index in [9.17, 15) is 4.79 Å². The van der Waals surface area contributed by atoms with Crippen molar-refractivity contribution in [2.45, 2.75) is 13.1 Å². The molecule has 5 rings (SSSR count). The van der Waals surface area contributed by atoms with Gasteiger partial charge in [0.15, 0.2) is 0 Å². The van der Waals surface area contributed by atoms with Crippen LogP contribution in [0.15, 0.2) is 76.1 Å². The molecule has 0 spiro atoms. The predicted molar refractivity (Wildman–Crippen MR) is 119 cm³/mol. The molecule has 0 unspecified atom stereocenters. The first-order valence-electron chi connectivity index (χ1n) is 9.51. The molecule has 30 heavy (non-hydrogen) atoms. The highest BCUT2D eigenvalue weighted by atomic mass is 35.5. The van der Waals surface area contributed by atoms with E-state index in [-0.39, 0.29) is 5.43 Å². The average molecular weight is 438 g/mol. The fourth-order valence-electron chi connectivity index (χ4n) is 3.73. The van der Waals surface area contributed by atoms with Gasteiger partial charge in [-0.1, -0.05) is 47.5 Å². The Balaban J connectivity index is 1.51. The third-order valence-electron chi connectivity index (χ3n) is 5.26. The quantitative estimate of drug-likeness (QED) is 0.387. The summed E-state index contributed by atoms with van der Waals surface area (Å²) in [6, 6.07) is 18.5. The number of benzene rings is 3. The van der Waals surface area contributed by atoms with Gasteiger partial charge in [0.1, 0.15) is 24.3 Å². The van der Waals surface area contributed by atoms with Gasteiger partial charge in [0, 0.05) is 23.1 Å². The van der Waals surface area contributed by atoms with Gasteiger partial charge < -0.3 is 9.15 Å². The molecule has 0 aliphatic carbocycles. The normalized spacial score (nSPS) is 13.8.